The summed E-state index contributed by atoms with van der Waals surface area (Å²) in [6, 6.07) is 19.1. The maximum atomic E-state index is 13.7. The van der Waals surface area contributed by atoms with Gasteiger partial charge < -0.3 is 15.0 Å². The zero-order valence-corrected chi connectivity index (χ0v) is 17.6. The molecule has 31 heavy (non-hydrogen) atoms. The van der Waals surface area contributed by atoms with Crippen LogP contribution in [-0.2, 0) is 4.79 Å². The molecule has 0 spiro atoms. The summed E-state index contributed by atoms with van der Waals surface area (Å²) in [6.45, 7) is 2.61. The molecule has 0 radical (unpaired) electrons. The lowest BCUT2D eigenvalue weighted by molar-refractivity contribution is -0.138. The lowest BCUT2D eigenvalue weighted by atomic mass is 9.94. The summed E-state index contributed by atoms with van der Waals surface area (Å²) < 4.78 is 5.95. The van der Waals surface area contributed by atoms with E-state index in [1.165, 1.54) is 0 Å². The quantitative estimate of drug-likeness (QED) is 0.609. The fourth-order valence-electron chi connectivity index (χ4n) is 4.03. The van der Waals surface area contributed by atoms with Crippen LogP contribution in [0.2, 0.25) is 0 Å². The van der Waals surface area contributed by atoms with Gasteiger partial charge in [-0.3, -0.25) is 14.8 Å². The summed E-state index contributed by atoms with van der Waals surface area (Å²) in [6.07, 6.45) is 7.02. The van der Waals surface area contributed by atoms with E-state index in [9.17, 15) is 4.79 Å². The Balaban J connectivity index is 1.63. The zero-order chi connectivity index (χ0) is 21.3. The highest BCUT2D eigenvalue weighted by atomic mass is 16.5. The molecule has 1 aliphatic rings. The first-order chi connectivity index (χ1) is 15.3. The Morgan fingerprint density at radius 1 is 1.03 bits per heavy atom. The molecule has 1 fully saturated rings. The number of hydrogen-bond donors (Lipinski definition) is 1. The minimum atomic E-state index is -0.309. The number of rotatable bonds is 8. The molecule has 0 saturated carbocycles. The Kier molecular flexibility index (Phi) is 7.24. The minimum absolute atomic E-state index is 0.000795. The van der Waals surface area contributed by atoms with E-state index in [-0.39, 0.29) is 17.9 Å². The first-order valence-electron chi connectivity index (χ1n) is 10.8. The van der Waals surface area contributed by atoms with E-state index < -0.39 is 0 Å². The number of carbonyl (C=O) groups is 1. The number of pyridine rings is 2. The molecule has 0 unspecified atom stereocenters. The van der Waals surface area contributed by atoms with Gasteiger partial charge in [0.15, 0.2) is 0 Å². The average molecular weight is 417 g/mol. The fraction of sp³-hybridized carbons (Fsp3) is 0.320. The van der Waals surface area contributed by atoms with Crippen molar-refractivity contribution in [2.75, 3.05) is 26.2 Å². The van der Waals surface area contributed by atoms with Crippen LogP contribution in [0.1, 0.15) is 30.1 Å². The van der Waals surface area contributed by atoms with Gasteiger partial charge in [-0.25, -0.2) is 0 Å². The third-order valence-electron chi connectivity index (χ3n) is 5.60. The first kappa shape index (κ1) is 21.0. The Bertz CT molecular complexity index is 892. The number of ether oxygens (including phenoxy) is 1. The fourth-order valence-corrected chi connectivity index (χ4v) is 4.03. The van der Waals surface area contributed by atoms with Gasteiger partial charge >= 0.3 is 0 Å². The summed E-state index contributed by atoms with van der Waals surface area (Å²) in [4.78, 5) is 24.6. The topological polar surface area (TPSA) is 67.4 Å². The van der Waals surface area contributed by atoms with Crippen LogP contribution >= 0.6 is 0 Å². The van der Waals surface area contributed by atoms with Crippen LogP contribution in [0.25, 0.3) is 0 Å². The Morgan fingerprint density at radius 3 is 2.55 bits per heavy atom. The summed E-state index contributed by atoms with van der Waals surface area (Å²) >= 11 is 0. The van der Waals surface area contributed by atoms with Crippen molar-refractivity contribution < 1.29 is 9.53 Å². The van der Waals surface area contributed by atoms with Gasteiger partial charge in [0.25, 0.3) is 0 Å². The molecule has 1 atom stereocenters. The van der Waals surface area contributed by atoms with Gasteiger partial charge in [0, 0.05) is 24.5 Å². The van der Waals surface area contributed by atoms with E-state index in [1.54, 1.807) is 12.4 Å². The Hall–Kier alpha value is -3.25. The molecule has 1 N–H and O–H groups in total. The van der Waals surface area contributed by atoms with Gasteiger partial charge in [0.2, 0.25) is 5.91 Å². The standard InChI is InChI=1S/C25H28N4O2/c30-25(20-11-15-26-16-12-20)29(17-18-31-22-8-2-1-3-9-22)24(21-7-6-13-27-19-21)23-10-4-5-14-28-23/h1-10,13-14,19-20,24,26H,11-12,15-18H2/t24-/m0/s1. The van der Waals surface area contributed by atoms with E-state index in [2.05, 4.69) is 15.3 Å². The normalized spacial score (nSPS) is 15.2. The van der Waals surface area contributed by atoms with Crippen molar-refractivity contribution in [3.8, 4) is 5.75 Å². The summed E-state index contributed by atoms with van der Waals surface area (Å²) in [5, 5.41) is 3.35. The molecule has 1 aliphatic heterocycles. The number of nitrogens with one attached hydrogen (secondary N) is 1. The number of hydrogen-bond acceptors (Lipinski definition) is 5. The third-order valence-corrected chi connectivity index (χ3v) is 5.60. The van der Waals surface area contributed by atoms with Crippen molar-refractivity contribution in [3.05, 3.63) is 90.5 Å². The van der Waals surface area contributed by atoms with Crippen molar-refractivity contribution in [1.29, 1.82) is 0 Å². The molecule has 4 rings (SSSR count). The molecule has 3 heterocycles. The van der Waals surface area contributed by atoms with E-state index in [0.29, 0.717) is 13.2 Å². The number of amides is 1. The van der Waals surface area contributed by atoms with Crippen molar-refractivity contribution in [2.45, 2.75) is 18.9 Å². The Morgan fingerprint density at radius 2 is 1.84 bits per heavy atom. The van der Waals surface area contributed by atoms with Gasteiger partial charge in [-0.1, -0.05) is 30.3 Å². The van der Waals surface area contributed by atoms with E-state index >= 15 is 0 Å². The van der Waals surface area contributed by atoms with Gasteiger partial charge in [0.05, 0.1) is 12.2 Å². The smallest absolute Gasteiger partial charge is 0.226 e. The number of nitrogens with zero attached hydrogens (tertiary/aromatic N) is 3. The molecule has 0 bridgehead atoms. The van der Waals surface area contributed by atoms with Crippen molar-refractivity contribution in [3.63, 3.8) is 0 Å². The second-order valence-electron chi connectivity index (χ2n) is 7.66. The SMILES string of the molecule is O=C(C1CCNCC1)N(CCOc1ccccc1)[C@@H](c1cccnc1)c1ccccn1. The van der Waals surface area contributed by atoms with Crippen molar-refractivity contribution >= 4 is 5.91 Å². The molecular weight excluding hydrogens is 388 g/mol. The monoisotopic (exact) mass is 416 g/mol. The van der Waals surface area contributed by atoms with Crippen LogP contribution in [0.15, 0.2) is 79.3 Å². The highest BCUT2D eigenvalue weighted by molar-refractivity contribution is 5.80. The van der Waals surface area contributed by atoms with Gasteiger partial charge in [-0.05, 0) is 61.8 Å². The minimum Gasteiger partial charge on any atom is -0.492 e. The highest BCUT2D eigenvalue weighted by Crippen LogP contribution is 2.30. The zero-order valence-electron chi connectivity index (χ0n) is 17.6. The van der Waals surface area contributed by atoms with Crippen LogP contribution < -0.4 is 10.1 Å². The van der Waals surface area contributed by atoms with Gasteiger partial charge in [-0.15, -0.1) is 0 Å². The molecule has 0 aliphatic carbocycles. The van der Waals surface area contributed by atoms with Crippen molar-refractivity contribution in [2.24, 2.45) is 5.92 Å². The first-order valence-corrected chi connectivity index (χ1v) is 10.8. The van der Waals surface area contributed by atoms with E-state index in [4.69, 9.17) is 4.74 Å². The molecule has 1 amide bonds. The van der Waals surface area contributed by atoms with Crippen LogP contribution in [0.4, 0.5) is 0 Å². The van der Waals surface area contributed by atoms with Gasteiger partial charge in [0.1, 0.15) is 18.4 Å². The maximum Gasteiger partial charge on any atom is 0.226 e. The Labute approximate surface area is 183 Å². The largest absolute Gasteiger partial charge is 0.492 e. The lowest BCUT2D eigenvalue weighted by Crippen LogP contribution is -2.45. The van der Waals surface area contributed by atoms with Crippen LogP contribution in [-0.4, -0.2) is 47.0 Å². The van der Waals surface area contributed by atoms with Crippen molar-refractivity contribution in [1.82, 2.24) is 20.2 Å². The molecule has 1 aromatic carbocycles. The number of benzene rings is 1. The lowest BCUT2D eigenvalue weighted by Gasteiger charge is -2.35. The number of aromatic nitrogens is 2. The molecule has 160 valence electrons. The number of para-hydroxylation sites is 1. The molecule has 1 saturated heterocycles. The summed E-state index contributed by atoms with van der Waals surface area (Å²) in [7, 11) is 0. The van der Waals surface area contributed by atoms with Gasteiger partial charge in [-0.2, -0.15) is 0 Å². The number of carbonyl (C=O) groups excluding carboxylic acids is 1. The van der Waals surface area contributed by atoms with Crippen LogP contribution in [0.3, 0.4) is 0 Å². The molecule has 6 nitrogen and oxygen atoms in total. The predicted molar refractivity (Wildman–Crippen MR) is 120 cm³/mol. The molecule has 2 aromatic heterocycles. The highest BCUT2D eigenvalue weighted by Gasteiger charge is 2.33. The second-order valence-corrected chi connectivity index (χ2v) is 7.66. The molecular formula is C25H28N4O2. The molecule has 3 aromatic rings. The maximum absolute atomic E-state index is 13.7. The van der Waals surface area contributed by atoms with E-state index in [0.717, 1.165) is 42.9 Å². The third kappa shape index (κ3) is 5.47. The molecule has 6 heteroatoms. The average Bonchev–Trinajstić information content (AvgIpc) is 2.85. The number of piperidine rings is 1. The predicted octanol–water partition coefficient (Wildman–Crippen LogP) is 3.47. The van der Waals surface area contributed by atoms with E-state index in [1.807, 2.05) is 71.8 Å². The van der Waals surface area contributed by atoms with Crippen LogP contribution in [0.5, 0.6) is 5.75 Å². The summed E-state index contributed by atoms with van der Waals surface area (Å²) in [5.41, 5.74) is 1.78. The van der Waals surface area contributed by atoms with Crippen LogP contribution in [0, 0.1) is 5.92 Å². The summed E-state index contributed by atoms with van der Waals surface area (Å²) in [5.74, 6) is 0.950. The second kappa shape index (κ2) is 10.7.